The normalized spacial score (nSPS) is 16.0. The second-order valence-corrected chi connectivity index (χ2v) is 7.58. The molecule has 0 fully saturated rings. The fraction of sp³-hybridized carbons (Fsp3) is 0.118. The predicted molar refractivity (Wildman–Crippen MR) is 106 cm³/mol. The number of thiazole rings is 1. The van der Waals surface area contributed by atoms with E-state index in [0.29, 0.717) is 31.1 Å². The molecular formula is C17H11Cl2N5O2S. The Morgan fingerprint density at radius 2 is 2.22 bits per heavy atom. The highest BCUT2D eigenvalue weighted by Crippen LogP contribution is 2.46. The van der Waals surface area contributed by atoms with E-state index in [-0.39, 0.29) is 22.8 Å². The molecule has 1 aromatic carbocycles. The van der Waals surface area contributed by atoms with Crippen LogP contribution >= 0.6 is 34.5 Å². The first kappa shape index (κ1) is 17.7. The largest absolute Gasteiger partial charge is 0.438 e. The van der Waals surface area contributed by atoms with Gasteiger partial charge in [-0.05, 0) is 17.7 Å². The molecule has 0 aliphatic carbocycles. The first-order valence-corrected chi connectivity index (χ1v) is 9.28. The molecule has 2 aromatic heterocycles. The van der Waals surface area contributed by atoms with Crippen molar-refractivity contribution in [3.8, 4) is 11.8 Å². The van der Waals surface area contributed by atoms with E-state index in [0.717, 1.165) is 0 Å². The van der Waals surface area contributed by atoms with Crippen molar-refractivity contribution in [2.24, 2.45) is 5.73 Å². The summed E-state index contributed by atoms with van der Waals surface area (Å²) in [5, 5.41) is 13.9. The van der Waals surface area contributed by atoms with Crippen molar-refractivity contribution in [2.75, 3.05) is 12.4 Å². The molecule has 3 aromatic rings. The summed E-state index contributed by atoms with van der Waals surface area (Å²) < 4.78 is 6.31. The second-order valence-electron chi connectivity index (χ2n) is 5.73. The van der Waals surface area contributed by atoms with E-state index < -0.39 is 11.5 Å². The van der Waals surface area contributed by atoms with Gasteiger partial charge >= 0.3 is 0 Å². The van der Waals surface area contributed by atoms with E-state index in [2.05, 4.69) is 15.3 Å². The number of rotatable bonds is 2. The number of aromatic amines is 1. The summed E-state index contributed by atoms with van der Waals surface area (Å²) in [5.41, 5.74) is 6.86. The Labute approximate surface area is 167 Å². The molecule has 1 aliphatic rings. The van der Waals surface area contributed by atoms with Crippen LogP contribution in [0.2, 0.25) is 10.0 Å². The van der Waals surface area contributed by atoms with Gasteiger partial charge < -0.3 is 20.8 Å². The van der Waals surface area contributed by atoms with Crippen LogP contribution in [0.3, 0.4) is 0 Å². The maximum atomic E-state index is 12.9. The maximum absolute atomic E-state index is 12.9. The number of fused-ring (bicyclic) bond motifs is 3. The topological polar surface area (TPSA) is 117 Å². The molecule has 0 radical (unpaired) electrons. The second kappa shape index (κ2) is 6.46. The number of benzene rings is 1. The molecule has 27 heavy (non-hydrogen) atoms. The van der Waals surface area contributed by atoms with Gasteiger partial charge in [-0.25, -0.2) is 4.98 Å². The van der Waals surface area contributed by atoms with Crippen molar-refractivity contribution in [3.63, 3.8) is 0 Å². The van der Waals surface area contributed by atoms with Crippen LogP contribution in [0.5, 0.6) is 5.75 Å². The number of hydrogen-bond donors (Lipinski definition) is 3. The quantitative estimate of drug-likeness (QED) is 0.584. The summed E-state index contributed by atoms with van der Waals surface area (Å²) in [4.78, 5) is 19.9. The molecular weight excluding hydrogens is 409 g/mol. The van der Waals surface area contributed by atoms with Crippen molar-refractivity contribution in [2.45, 2.75) is 5.92 Å². The number of nitrogens with one attached hydrogen (secondary N) is 2. The number of aromatic nitrogens is 2. The molecule has 4 N–H and O–H groups in total. The summed E-state index contributed by atoms with van der Waals surface area (Å²) in [6.45, 7) is 0. The lowest BCUT2D eigenvalue weighted by Gasteiger charge is -2.26. The molecule has 0 spiro atoms. The first-order chi connectivity index (χ1) is 12.9. The summed E-state index contributed by atoms with van der Waals surface area (Å²) in [5.74, 6) is -0.579. The molecule has 10 heteroatoms. The van der Waals surface area contributed by atoms with Crippen LogP contribution in [0, 0.1) is 11.3 Å². The molecule has 0 saturated heterocycles. The van der Waals surface area contributed by atoms with E-state index in [4.69, 9.17) is 33.7 Å². The van der Waals surface area contributed by atoms with E-state index in [9.17, 15) is 10.1 Å². The molecule has 0 amide bonds. The number of anilines is 1. The predicted octanol–water partition coefficient (Wildman–Crippen LogP) is 3.55. The van der Waals surface area contributed by atoms with Crippen LogP contribution < -0.4 is 21.3 Å². The van der Waals surface area contributed by atoms with E-state index in [1.807, 2.05) is 6.07 Å². The standard InChI is InChI=1S/C17H11Cl2N5O2S/c1-22-17-24-15-13(27-17)12-11(16(25)23-15)10(8(5-20)14(21)26-12)7-3-2-6(18)4-9(7)19/h2-4,10H,21H2,1H3,(H2,22,23,24,25). The Kier molecular flexibility index (Phi) is 4.23. The third-order valence-electron chi connectivity index (χ3n) is 4.22. The molecule has 1 unspecified atom stereocenters. The number of ether oxygens (including phenoxy) is 1. The number of nitrogens with zero attached hydrogens (tertiary/aromatic N) is 2. The van der Waals surface area contributed by atoms with Gasteiger partial charge in [0, 0.05) is 17.1 Å². The highest BCUT2D eigenvalue weighted by atomic mass is 35.5. The van der Waals surface area contributed by atoms with Gasteiger partial charge in [-0.1, -0.05) is 40.6 Å². The molecule has 1 aliphatic heterocycles. The third-order valence-corrected chi connectivity index (χ3v) is 5.85. The highest BCUT2D eigenvalue weighted by Gasteiger charge is 2.36. The van der Waals surface area contributed by atoms with Gasteiger partial charge in [0.1, 0.15) is 16.3 Å². The SMILES string of the molecule is CNc1nc2[nH]c(=O)c3c(c2s1)OC(N)=C(C#N)C3c1ccc(Cl)cc1Cl. The number of H-pyrrole nitrogens is 1. The molecule has 4 rings (SSSR count). The monoisotopic (exact) mass is 419 g/mol. The van der Waals surface area contributed by atoms with Crippen molar-refractivity contribution in [1.82, 2.24) is 9.97 Å². The highest BCUT2D eigenvalue weighted by molar-refractivity contribution is 7.22. The summed E-state index contributed by atoms with van der Waals surface area (Å²) in [6.07, 6.45) is 0. The van der Waals surface area contributed by atoms with Gasteiger partial charge in [0.05, 0.1) is 11.5 Å². The molecule has 0 bridgehead atoms. The minimum Gasteiger partial charge on any atom is -0.438 e. The van der Waals surface area contributed by atoms with Crippen molar-refractivity contribution in [1.29, 1.82) is 5.26 Å². The molecule has 7 nitrogen and oxygen atoms in total. The van der Waals surface area contributed by atoms with E-state index >= 15 is 0 Å². The number of hydrogen-bond acceptors (Lipinski definition) is 7. The Morgan fingerprint density at radius 3 is 2.89 bits per heavy atom. The van der Waals surface area contributed by atoms with E-state index in [1.165, 1.54) is 11.3 Å². The van der Waals surface area contributed by atoms with Gasteiger partial charge in [0.2, 0.25) is 5.88 Å². The number of halogens is 2. The number of nitrogens with two attached hydrogens (primary N) is 1. The lowest BCUT2D eigenvalue weighted by Crippen LogP contribution is -2.27. The van der Waals surface area contributed by atoms with Crippen LogP contribution in [0.1, 0.15) is 17.0 Å². The van der Waals surface area contributed by atoms with E-state index in [1.54, 1.807) is 25.2 Å². The lowest BCUT2D eigenvalue weighted by atomic mass is 9.84. The smallest absolute Gasteiger partial charge is 0.257 e. The number of nitriles is 1. The third kappa shape index (κ3) is 2.72. The average molecular weight is 420 g/mol. The minimum absolute atomic E-state index is 0.0766. The summed E-state index contributed by atoms with van der Waals surface area (Å²) in [6, 6.07) is 6.90. The molecule has 136 valence electrons. The fourth-order valence-electron chi connectivity index (χ4n) is 3.05. The molecule has 3 heterocycles. The maximum Gasteiger partial charge on any atom is 0.257 e. The van der Waals surface area contributed by atoms with Gasteiger partial charge in [0.15, 0.2) is 16.5 Å². The summed E-state index contributed by atoms with van der Waals surface area (Å²) in [7, 11) is 1.72. The van der Waals surface area contributed by atoms with Gasteiger partial charge in [-0.2, -0.15) is 5.26 Å². The Bertz CT molecular complexity index is 1220. The molecule has 1 atom stereocenters. The van der Waals surface area contributed by atoms with Crippen molar-refractivity contribution >= 4 is 50.0 Å². The zero-order chi connectivity index (χ0) is 19.3. The first-order valence-electron chi connectivity index (χ1n) is 7.71. The zero-order valence-electron chi connectivity index (χ0n) is 13.8. The summed E-state index contributed by atoms with van der Waals surface area (Å²) >= 11 is 13.7. The molecule has 0 saturated carbocycles. The average Bonchev–Trinajstić information content (AvgIpc) is 3.04. The minimum atomic E-state index is -0.781. The van der Waals surface area contributed by atoms with Crippen LogP contribution in [0.4, 0.5) is 5.13 Å². The number of allylic oxidation sites excluding steroid dienone is 1. The fourth-order valence-corrected chi connectivity index (χ4v) is 4.43. The van der Waals surface area contributed by atoms with Gasteiger partial charge in [-0.3, -0.25) is 4.79 Å². The lowest BCUT2D eigenvalue weighted by molar-refractivity contribution is 0.397. The Morgan fingerprint density at radius 1 is 1.44 bits per heavy atom. The van der Waals surface area contributed by atoms with Crippen LogP contribution in [-0.2, 0) is 0 Å². The van der Waals surface area contributed by atoms with Crippen molar-refractivity contribution < 1.29 is 4.74 Å². The van der Waals surface area contributed by atoms with Crippen LogP contribution in [-0.4, -0.2) is 17.0 Å². The van der Waals surface area contributed by atoms with Gasteiger partial charge in [-0.15, -0.1) is 0 Å². The Hall–Kier alpha value is -2.73. The van der Waals surface area contributed by atoms with Crippen LogP contribution in [0.15, 0.2) is 34.4 Å². The van der Waals surface area contributed by atoms with Gasteiger partial charge in [0.25, 0.3) is 5.56 Å². The Balaban J connectivity index is 2.08. The van der Waals surface area contributed by atoms with Crippen LogP contribution in [0.25, 0.3) is 10.3 Å². The number of pyridine rings is 1. The zero-order valence-corrected chi connectivity index (χ0v) is 16.1. The van der Waals surface area contributed by atoms with Crippen molar-refractivity contribution in [3.05, 3.63) is 61.2 Å².